The molecule has 3 nitrogen and oxygen atoms in total. The lowest BCUT2D eigenvalue weighted by molar-refractivity contribution is -0.142. The maximum absolute atomic E-state index is 11.3. The van der Waals surface area contributed by atoms with Crippen LogP contribution in [0.4, 0.5) is 0 Å². The topological polar surface area (TPSA) is 50.1 Å². The lowest BCUT2D eigenvalue weighted by Gasteiger charge is -2.07. The van der Waals surface area contributed by atoms with Crippen molar-refractivity contribution in [1.29, 1.82) is 5.26 Å². The van der Waals surface area contributed by atoms with Gasteiger partial charge in [-0.25, -0.2) is 0 Å². The number of hydrogen-bond donors (Lipinski definition) is 0. The van der Waals surface area contributed by atoms with Crippen LogP contribution in [0.1, 0.15) is 23.6 Å². The highest BCUT2D eigenvalue weighted by Gasteiger charge is 2.09. The quantitative estimate of drug-likeness (QED) is 0.633. The molecule has 0 heterocycles. The Morgan fingerprint density at radius 3 is 2.81 bits per heavy atom. The van der Waals surface area contributed by atoms with Crippen molar-refractivity contribution in [1.82, 2.24) is 0 Å². The SMILES string of the molecule is CCOC(=O)Cc1cc(C#N)c(I)cc1C. The van der Waals surface area contributed by atoms with Crippen LogP contribution in [0, 0.1) is 21.8 Å². The summed E-state index contributed by atoms with van der Waals surface area (Å²) < 4.78 is 5.79. The zero-order chi connectivity index (χ0) is 12.1. The predicted octanol–water partition coefficient (Wildman–Crippen LogP) is 2.58. The van der Waals surface area contributed by atoms with E-state index in [1.807, 2.05) is 13.0 Å². The molecule has 0 unspecified atom stereocenters. The van der Waals surface area contributed by atoms with E-state index in [0.717, 1.165) is 14.7 Å². The summed E-state index contributed by atoms with van der Waals surface area (Å²) in [5.74, 6) is -0.254. The van der Waals surface area contributed by atoms with E-state index in [1.54, 1.807) is 13.0 Å². The van der Waals surface area contributed by atoms with Gasteiger partial charge in [-0.05, 0) is 59.7 Å². The standard InChI is InChI=1S/C12H12INO2/c1-3-16-12(15)6-9-5-10(7-14)11(13)4-8(9)2/h4-5H,3,6H2,1-2H3. The maximum atomic E-state index is 11.3. The van der Waals surface area contributed by atoms with Crippen LogP contribution in [0.25, 0.3) is 0 Å². The molecule has 0 saturated carbocycles. The third kappa shape index (κ3) is 3.20. The molecule has 0 aliphatic rings. The Hall–Kier alpha value is -1.09. The number of ether oxygens (including phenoxy) is 1. The summed E-state index contributed by atoms with van der Waals surface area (Å²) in [6.45, 7) is 4.09. The van der Waals surface area contributed by atoms with Gasteiger partial charge in [0.1, 0.15) is 6.07 Å². The molecule has 0 aromatic heterocycles. The van der Waals surface area contributed by atoms with E-state index in [1.165, 1.54) is 0 Å². The number of benzene rings is 1. The maximum Gasteiger partial charge on any atom is 0.310 e. The van der Waals surface area contributed by atoms with E-state index in [-0.39, 0.29) is 12.4 Å². The molecule has 84 valence electrons. The predicted molar refractivity (Wildman–Crippen MR) is 68.9 cm³/mol. The van der Waals surface area contributed by atoms with Gasteiger partial charge in [-0.1, -0.05) is 0 Å². The first kappa shape index (κ1) is 13.0. The van der Waals surface area contributed by atoms with Gasteiger partial charge in [-0.2, -0.15) is 5.26 Å². The molecule has 16 heavy (non-hydrogen) atoms. The summed E-state index contributed by atoms with van der Waals surface area (Å²) in [6.07, 6.45) is 0.227. The van der Waals surface area contributed by atoms with Gasteiger partial charge in [-0.15, -0.1) is 0 Å². The Morgan fingerprint density at radius 2 is 2.25 bits per heavy atom. The normalized spacial score (nSPS) is 9.62. The zero-order valence-corrected chi connectivity index (χ0v) is 11.4. The second kappa shape index (κ2) is 5.85. The summed E-state index contributed by atoms with van der Waals surface area (Å²) >= 11 is 2.11. The van der Waals surface area contributed by atoms with Crippen LogP contribution in [0.2, 0.25) is 0 Å². The van der Waals surface area contributed by atoms with Crippen molar-refractivity contribution in [3.8, 4) is 6.07 Å². The second-order valence-corrected chi connectivity index (χ2v) is 4.51. The molecule has 0 saturated heterocycles. The Bertz CT molecular complexity index is 449. The fourth-order valence-corrected chi connectivity index (χ4v) is 2.10. The van der Waals surface area contributed by atoms with Crippen molar-refractivity contribution < 1.29 is 9.53 Å². The molecule has 0 atom stereocenters. The van der Waals surface area contributed by atoms with E-state index < -0.39 is 0 Å². The van der Waals surface area contributed by atoms with Crippen LogP contribution in [-0.2, 0) is 16.0 Å². The molecule has 4 heteroatoms. The highest BCUT2D eigenvalue weighted by atomic mass is 127. The molecule has 0 radical (unpaired) electrons. The first-order valence-corrected chi connectivity index (χ1v) is 6.01. The van der Waals surface area contributed by atoms with Crippen LogP contribution in [0.15, 0.2) is 12.1 Å². The average Bonchev–Trinajstić information content (AvgIpc) is 2.22. The molecule has 1 aromatic rings. The highest BCUT2D eigenvalue weighted by molar-refractivity contribution is 14.1. The van der Waals surface area contributed by atoms with Gasteiger partial charge in [0.15, 0.2) is 0 Å². The van der Waals surface area contributed by atoms with Gasteiger partial charge >= 0.3 is 5.97 Å². The van der Waals surface area contributed by atoms with E-state index in [9.17, 15) is 4.79 Å². The van der Waals surface area contributed by atoms with Crippen LogP contribution in [-0.4, -0.2) is 12.6 Å². The number of rotatable bonds is 3. The fourth-order valence-electron chi connectivity index (χ4n) is 1.36. The number of carbonyl (C=O) groups excluding carboxylic acids is 1. The highest BCUT2D eigenvalue weighted by Crippen LogP contribution is 2.18. The Kier molecular flexibility index (Phi) is 4.74. The van der Waals surface area contributed by atoms with Crippen molar-refractivity contribution >= 4 is 28.6 Å². The summed E-state index contributed by atoms with van der Waals surface area (Å²) in [5.41, 5.74) is 2.47. The summed E-state index contributed by atoms with van der Waals surface area (Å²) in [5, 5.41) is 8.90. The smallest absolute Gasteiger partial charge is 0.310 e. The average molecular weight is 329 g/mol. The van der Waals surface area contributed by atoms with Crippen molar-refractivity contribution in [2.24, 2.45) is 0 Å². The van der Waals surface area contributed by atoms with Gasteiger partial charge in [-0.3, -0.25) is 4.79 Å². The number of carbonyl (C=O) groups is 1. The lowest BCUT2D eigenvalue weighted by atomic mass is 10.0. The molecule has 0 fully saturated rings. The lowest BCUT2D eigenvalue weighted by Crippen LogP contribution is -2.09. The molecule has 0 spiro atoms. The largest absolute Gasteiger partial charge is 0.466 e. The second-order valence-electron chi connectivity index (χ2n) is 3.35. The first-order chi connectivity index (χ1) is 7.58. The van der Waals surface area contributed by atoms with Gasteiger partial charge in [0, 0.05) is 3.57 Å². The minimum absolute atomic E-state index is 0.227. The number of esters is 1. The number of halogens is 1. The fraction of sp³-hybridized carbons (Fsp3) is 0.333. The molecular formula is C12H12INO2. The minimum atomic E-state index is -0.254. The Morgan fingerprint density at radius 1 is 1.56 bits per heavy atom. The van der Waals surface area contributed by atoms with E-state index in [2.05, 4.69) is 28.7 Å². The third-order valence-electron chi connectivity index (χ3n) is 2.19. The summed E-state index contributed by atoms with van der Waals surface area (Å²) in [7, 11) is 0. The van der Waals surface area contributed by atoms with Gasteiger partial charge in [0.25, 0.3) is 0 Å². The Balaban J connectivity index is 2.97. The van der Waals surface area contributed by atoms with Gasteiger partial charge in [0.05, 0.1) is 18.6 Å². The van der Waals surface area contributed by atoms with Crippen LogP contribution >= 0.6 is 22.6 Å². The number of nitrogens with zero attached hydrogens (tertiary/aromatic N) is 1. The van der Waals surface area contributed by atoms with Crippen molar-refractivity contribution in [3.63, 3.8) is 0 Å². The number of aryl methyl sites for hydroxylation is 1. The molecule has 0 aliphatic heterocycles. The Labute approximate surface area is 109 Å². The molecular weight excluding hydrogens is 317 g/mol. The molecule has 0 N–H and O–H groups in total. The molecule has 0 aliphatic carbocycles. The van der Waals surface area contributed by atoms with E-state index >= 15 is 0 Å². The van der Waals surface area contributed by atoms with Crippen LogP contribution < -0.4 is 0 Å². The van der Waals surface area contributed by atoms with E-state index in [4.69, 9.17) is 10.00 Å². The molecule has 1 aromatic carbocycles. The minimum Gasteiger partial charge on any atom is -0.466 e. The van der Waals surface area contributed by atoms with Gasteiger partial charge < -0.3 is 4.74 Å². The summed E-state index contributed by atoms with van der Waals surface area (Å²) in [6, 6.07) is 5.78. The van der Waals surface area contributed by atoms with Crippen LogP contribution in [0.3, 0.4) is 0 Å². The number of hydrogen-bond acceptors (Lipinski definition) is 3. The third-order valence-corrected chi connectivity index (χ3v) is 3.08. The van der Waals surface area contributed by atoms with Crippen molar-refractivity contribution in [2.45, 2.75) is 20.3 Å². The summed E-state index contributed by atoms with van der Waals surface area (Å²) in [4.78, 5) is 11.3. The molecule has 0 amide bonds. The van der Waals surface area contributed by atoms with Crippen LogP contribution in [0.5, 0.6) is 0 Å². The number of nitriles is 1. The van der Waals surface area contributed by atoms with Crippen molar-refractivity contribution in [3.05, 3.63) is 32.4 Å². The van der Waals surface area contributed by atoms with Crippen molar-refractivity contribution in [2.75, 3.05) is 6.61 Å². The molecule has 1 rings (SSSR count). The van der Waals surface area contributed by atoms with Gasteiger partial charge in [0.2, 0.25) is 0 Å². The first-order valence-electron chi connectivity index (χ1n) is 4.93. The zero-order valence-electron chi connectivity index (χ0n) is 9.21. The van der Waals surface area contributed by atoms with E-state index in [0.29, 0.717) is 12.2 Å². The monoisotopic (exact) mass is 329 g/mol. The molecule has 0 bridgehead atoms.